The van der Waals surface area contributed by atoms with Crippen molar-refractivity contribution in [3.63, 3.8) is 0 Å². The van der Waals surface area contributed by atoms with Crippen molar-refractivity contribution in [3.05, 3.63) is 0 Å². The van der Waals surface area contributed by atoms with Crippen molar-refractivity contribution < 1.29 is 9.47 Å². The van der Waals surface area contributed by atoms with Crippen molar-refractivity contribution in [3.8, 4) is 11.8 Å². The van der Waals surface area contributed by atoms with Gasteiger partial charge in [0.15, 0.2) is 0 Å². The molecule has 4 saturated carbocycles. The molecular weight excluding hydrogens is 260 g/mol. The Morgan fingerprint density at radius 1 is 1.05 bits per heavy atom. The third kappa shape index (κ3) is 3.30. The zero-order chi connectivity index (χ0) is 15.1. The molecule has 0 aromatic rings. The van der Waals surface area contributed by atoms with Crippen LogP contribution < -0.4 is 0 Å². The predicted octanol–water partition coefficient (Wildman–Crippen LogP) is 4.18. The van der Waals surface area contributed by atoms with Gasteiger partial charge < -0.3 is 9.47 Å². The summed E-state index contributed by atoms with van der Waals surface area (Å²) in [6.45, 7) is 9.00. The van der Waals surface area contributed by atoms with Gasteiger partial charge in [0.2, 0.25) is 0 Å². The zero-order valence-electron chi connectivity index (χ0n) is 14.1. The van der Waals surface area contributed by atoms with Crippen LogP contribution in [0.5, 0.6) is 0 Å². The van der Waals surface area contributed by atoms with E-state index in [0.29, 0.717) is 35.7 Å². The molecule has 4 fully saturated rings. The van der Waals surface area contributed by atoms with Gasteiger partial charge in [-0.3, -0.25) is 0 Å². The molecule has 2 bridgehead atoms. The van der Waals surface area contributed by atoms with Gasteiger partial charge in [-0.05, 0) is 77.6 Å². The molecule has 118 valence electrons. The first-order chi connectivity index (χ1) is 9.90. The summed E-state index contributed by atoms with van der Waals surface area (Å²) in [4.78, 5) is 0. The van der Waals surface area contributed by atoms with E-state index in [0.717, 1.165) is 5.92 Å². The molecular formula is C19H30O2. The first-order valence-corrected chi connectivity index (χ1v) is 8.67. The molecule has 0 spiro atoms. The Bertz CT molecular complexity index is 414. The molecule has 0 aromatic heterocycles. The minimum atomic E-state index is 0.290. The second-order valence-electron chi connectivity index (χ2n) is 8.32. The van der Waals surface area contributed by atoms with E-state index in [4.69, 9.17) is 9.47 Å². The largest absolute Gasteiger partial charge is 0.376 e. The van der Waals surface area contributed by atoms with Gasteiger partial charge in [-0.1, -0.05) is 11.8 Å². The summed E-state index contributed by atoms with van der Waals surface area (Å²) >= 11 is 0. The summed E-state index contributed by atoms with van der Waals surface area (Å²) in [7, 11) is 0. The molecule has 0 saturated heterocycles. The Morgan fingerprint density at radius 2 is 1.71 bits per heavy atom. The fourth-order valence-corrected chi connectivity index (χ4v) is 4.73. The molecule has 0 N–H and O–H groups in total. The van der Waals surface area contributed by atoms with Crippen LogP contribution in [0, 0.1) is 28.6 Å². The fraction of sp³-hybridized carbons (Fsp3) is 0.895. The van der Waals surface area contributed by atoms with E-state index in [9.17, 15) is 0 Å². The highest BCUT2D eigenvalue weighted by Gasteiger charge is 2.67. The molecule has 2 nitrogen and oxygen atoms in total. The van der Waals surface area contributed by atoms with Gasteiger partial charge in [0.05, 0.1) is 18.3 Å². The molecule has 0 unspecified atom stereocenters. The molecule has 0 aliphatic heterocycles. The lowest BCUT2D eigenvalue weighted by atomic mass is 9.33. The Labute approximate surface area is 130 Å². The van der Waals surface area contributed by atoms with Crippen LogP contribution in [-0.4, -0.2) is 24.9 Å². The summed E-state index contributed by atoms with van der Waals surface area (Å²) in [5, 5.41) is 0. The van der Waals surface area contributed by atoms with E-state index in [2.05, 4.69) is 39.5 Å². The average molecular weight is 290 g/mol. The minimum Gasteiger partial charge on any atom is -0.376 e. The molecule has 0 atom stereocenters. The summed E-state index contributed by atoms with van der Waals surface area (Å²) in [6.07, 6.45) is 9.28. The van der Waals surface area contributed by atoms with Crippen molar-refractivity contribution in [1.29, 1.82) is 0 Å². The molecule has 0 amide bonds. The minimum absolute atomic E-state index is 0.290. The Balaban J connectivity index is 1.34. The molecule has 0 aromatic carbocycles. The van der Waals surface area contributed by atoms with Gasteiger partial charge in [0.25, 0.3) is 0 Å². The Morgan fingerprint density at radius 3 is 2.29 bits per heavy atom. The van der Waals surface area contributed by atoms with Gasteiger partial charge in [-0.25, -0.2) is 0 Å². The van der Waals surface area contributed by atoms with Crippen LogP contribution in [-0.2, 0) is 9.47 Å². The van der Waals surface area contributed by atoms with Crippen LogP contribution >= 0.6 is 0 Å². The topological polar surface area (TPSA) is 18.5 Å². The van der Waals surface area contributed by atoms with E-state index in [-0.39, 0.29) is 0 Å². The first kappa shape index (κ1) is 15.4. The molecule has 2 heteroatoms. The molecule has 4 rings (SSSR count). The van der Waals surface area contributed by atoms with Crippen molar-refractivity contribution in [1.82, 2.24) is 0 Å². The Kier molecular flexibility index (Phi) is 4.10. The van der Waals surface area contributed by atoms with Gasteiger partial charge in [-0.2, -0.15) is 0 Å². The summed E-state index contributed by atoms with van der Waals surface area (Å²) in [5.74, 6) is 7.64. The normalized spacial score (nSPS) is 40.1. The number of hydrogen-bond donors (Lipinski definition) is 0. The second-order valence-corrected chi connectivity index (χ2v) is 8.32. The highest BCUT2D eigenvalue weighted by molar-refractivity contribution is 5.30. The van der Waals surface area contributed by atoms with E-state index in [1.165, 1.54) is 38.5 Å². The van der Waals surface area contributed by atoms with Crippen LogP contribution in [0.4, 0.5) is 0 Å². The first-order valence-electron chi connectivity index (χ1n) is 8.67. The van der Waals surface area contributed by atoms with Crippen LogP contribution in [0.15, 0.2) is 0 Å². The lowest BCUT2D eigenvalue weighted by molar-refractivity contribution is -0.187. The maximum absolute atomic E-state index is 5.86. The maximum Gasteiger partial charge on any atom is 0.108 e. The predicted molar refractivity (Wildman–Crippen MR) is 84.9 cm³/mol. The SMILES string of the molecule is CC(C)OCC#CC12CC(CC3CC(OC(C)C)C3)(C1)C2. The van der Waals surface area contributed by atoms with Gasteiger partial charge in [0.1, 0.15) is 6.61 Å². The van der Waals surface area contributed by atoms with Crippen molar-refractivity contribution in [2.75, 3.05) is 6.61 Å². The molecule has 21 heavy (non-hydrogen) atoms. The van der Waals surface area contributed by atoms with Gasteiger partial charge >= 0.3 is 0 Å². The van der Waals surface area contributed by atoms with E-state index in [1.54, 1.807) is 0 Å². The van der Waals surface area contributed by atoms with Crippen LogP contribution in [0.2, 0.25) is 0 Å². The van der Waals surface area contributed by atoms with Crippen molar-refractivity contribution in [2.45, 2.75) is 84.5 Å². The number of hydrogen-bond acceptors (Lipinski definition) is 2. The van der Waals surface area contributed by atoms with Gasteiger partial charge in [0, 0.05) is 5.41 Å². The molecule has 0 radical (unpaired) electrons. The third-order valence-electron chi connectivity index (χ3n) is 5.36. The quantitative estimate of drug-likeness (QED) is 0.683. The molecule has 4 aliphatic rings. The molecule has 0 heterocycles. The zero-order valence-corrected chi connectivity index (χ0v) is 14.1. The Hall–Kier alpha value is -0.520. The van der Waals surface area contributed by atoms with Gasteiger partial charge in [-0.15, -0.1) is 0 Å². The fourth-order valence-electron chi connectivity index (χ4n) is 4.73. The summed E-state index contributed by atoms with van der Waals surface area (Å²) < 4.78 is 11.4. The lowest BCUT2D eigenvalue weighted by Crippen LogP contribution is -2.62. The average Bonchev–Trinajstić information content (AvgIpc) is 2.24. The summed E-state index contributed by atoms with van der Waals surface area (Å²) in [5.41, 5.74) is 1.05. The summed E-state index contributed by atoms with van der Waals surface area (Å²) in [6, 6.07) is 0. The third-order valence-corrected chi connectivity index (χ3v) is 5.36. The number of ether oxygens (including phenoxy) is 2. The highest BCUT2D eigenvalue weighted by Crippen LogP contribution is 2.75. The van der Waals surface area contributed by atoms with Crippen LogP contribution in [0.25, 0.3) is 0 Å². The lowest BCUT2D eigenvalue weighted by Gasteiger charge is -2.70. The highest BCUT2D eigenvalue weighted by atomic mass is 16.5. The monoisotopic (exact) mass is 290 g/mol. The van der Waals surface area contributed by atoms with E-state index in [1.807, 2.05) is 0 Å². The maximum atomic E-state index is 5.86. The van der Waals surface area contributed by atoms with Crippen molar-refractivity contribution in [2.24, 2.45) is 16.7 Å². The van der Waals surface area contributed by atoms with E-state index >= 15 is 0 Å². The second kappa shape index (κ2) is 5.60. The number of rotatable bonds is 6. The standard InChI is InChI=1S/C19H30O2/c1-14(2)20-7-5-6-18-11-19(12-18,13-18)10-16-8-17(9-16)21-15(3)4/h14-17H,7-13H2,1-4H3. The molecule has 4 aliphatic carbocycles. The van der Waals surface area contributed by atoms with E-state index < -0.39 is 0 Å². The van der Waals surface area contributed by atoms with Crippen molar-refractivity contribution >= 4 is 0 Å². The smallest absolute Gasteiger partial charge is 0.108 e. The van der Waals surface area contributed by atoms with Crippen LogP contribution in [0.3, 0.4) is 0 Å². The van der Waals surface area contributed by atoms with Crippen LogP contribution in [0.1, 0.15) is 66.2 Å².